The number of amides is 1. The molecule has 4 nitrogen and oxygen atoms in total. The predicted molar refractivity (Wildman–Crippen MR) is 55.6 cm³/mol. The van der Waals surface area contributed by atoms with Gasteiger partial charge in [-0.15, -0.1) is 0 Å². The summed E-state index contributed by atoms with van der Waals surface area (Å²) < 4.78 is 0. The number of rotatable bonds is 7. The third-order valence-electron chi connectivity index (χ3n) is 1.99. The summed E-state index contributed by atoms with van der Waals surface area (Å²) in [7, 11) is 1.64. The van der Waals surface area contributed by atoms with Crippen molar-refractivity contribution in [2.45, 2.75) is 26.2 Å². The fourth-order valence-electron chi connectivity index (χ4n) is 1.27. The number of nitrogens with zero attached hydrogens (tertiary/aromatic N) is 2. The van der Waals surface area contributed by atoms with E-state index in [9.17, 15) is 4.79 Å². The van der Waals surface area contributed by atoms with Gasteiger partial charge in [0.1, 0.15) is 0 Å². The fraction of sp³-hybridized carbons (Fsp3) is 0.800. The van der Waals surface area contributed by atoms with Gasteiger partial charge in [0.25, 0.3) is 0 Å². The average Bonchev–Trinajstić information content (AvgIpc) is 2.18. The van der Waals surface area contributed by atoms with Crippen LogP contribution in [0, 0.1) is 11.3 Å². The van der Waals surface area contributed by atoms with Crippen molar-refractivity contribution in [3.05, 3.63) is 0 Å². The first-order valence-corrected chi connectivity index (χ1v) is 5.04. The normalized spacial score (nSPS) is 9.86. The fourth-order valence-corrected chi connectivity index (χ4v) is 1.27. The van der Waals surface area contributed by atoms with Gasteiger partial charge in [-0.25, -0.2) is 0 Å². The molecule has 1 amide bonds. The molecule has 1 N–H and O–H groups in total. The molecule has 0 unspecified atom stereocenters. The molecule has 0 aromatic carbocycles. The second kappa shape index (κ2) is 8.52. The van der Waals surface area contributed by atoms with E-state index in [2.05, 4.69) is 23.2 Å². The van der Waals surface area contributed by atoms with Crippen molar-refractivity contribution in [1.82, 2.24) is 10.2 Å². The molecule has 0 bridgehead atoms. The molecule has 0 radical (unpaired) electrons. The van der Waals surface area contributed by atoms with Crippen molar-refractivity contribution in [2.24, 2.45) is 0 Å². The Bertz CT molecular complexity index is 198. The number of hydrogen-bond donors (Lipinski definition) is 1. The van der Waals surface area contributed by atoms with Crippen molar-refractivity contribution >= 4 is 5.91 Å². The van der Waals surface area contributed by atoms with Gasteiger partial charge in [0, 0.05) is 13.5 Å². The molecule has 0 aliphatic carbocycles. The van der Waals surface area contributed by atoms with Gasteiger partial charge in [0.15, 0.2) is 0 Å². The lowest BCUT2D eigenvalue weighted by Crippen LogP contribution is -2.27. The molecule has 0 saturated heterocycles. The zero-order valence-electron chi connectivity index (χ0n) is 9.05. The van der Waals surface area contributed by atoms with Crippen LogP contribution in [-0.4, -0.2) is 37.5 Å². The third kappa shape index (κ3) is 6.44. The summed E-state index contributed by atoms with van der Waals surface area (Å²) in [5, 5.41) is 11.1. The number of nitriles is 1. The van der Waals surface area contributed by atoms with Crippen LogP contribution < -0.4 is 5.32 Å². The summed E-state index contributed by atoms with van der Waals surface area (Å²) in [6.45, 7) is 4.31. The maximum absolute atomic E-state index is 10.9. The van der Waals surface area contributed by atoms with Gasteiger partial charge in [-0.3, -0.25) is 9.69 Å². The molecular formula is C10H19N3O. The van der Waals surface area contributed by atoms with Gasteiger partial charge in [-0.2, -0.15) is 5.26 Å². The molecule has 80 valence electrons. The van der Waals surface area contributed by atoms with Crippen LogP contribution in [0.5, 0.6) is 0 Å². The molecule has 0 aliphatic heterocycles. The molecule has 0 aromatic rings. The van der Waals surface area contributed by atoms with Gasteiger partial charge < -0.3 is 5.32 Å². The molecule has 0 spiro atoms. The molecule has 0 atom stereocenters. The molecule has 0 heterocycles. The van der Waals surface area contributed by atoms with Crippen molar-refractivity contribution in [2.75, 3.05) is 26.7 Å². The van der Waals surface area contributed by atoms with E-state index >= 15 is 0 Å². The van der Waals surface area contributed by atoms with Crippen LogP contribution in [-0.2, 0) is 4.79 Å². The molecular weight excluding hydrogens is 178 g/mol. The van der Waals surface area contributed by atoms with E-state index in [0.717, 1.165) is 25.9 Å². The van der Waals surface area contributed by atoms with E-state index in [1.54, 1.807) is 7.05 Å². The molecule has 0 fully saturated rings. The Labute approximate surface area is 85.9 Å². The summed E-state index contributed by atoms with van der Waals surface area (Å²) in [6, 6.07) is 2.13. The summed E-state index contributed by atoms with van der Waals surface area (Å²) >= 11 is 0. The molecule has 14 heavy (non-hydrogen) atoms. The van der Waals surface area contributed by atoms with E-state index in [-0.39, 0.29) is 5.91 Å². The molecule has 0 rings (SSSR count). The van der Waals surface area contributed by atoms with Crippen LogP contribution in [0.15, 0.2) is 0 Å². The van der Waals surface area contributed by atoms with Crippen molar-refractivity contribution in [1.29, 1.82) is 5.26 Å². The molecule has 0 aromatic heterocycles. The van der Waals surface area contributed by atoms with Gasteiger partial charge in [0.05, 0.1) is 12.6 Å². The number of nitrogens with one attached hydrogen (secondary N) is 1. The Morgan fingerprint density at radius 3 is 2.71 bits per heavy atom. The van der Waals surface area contributed by atoms with Gasteiger partial charge >= 0.3 is 0 Å². The van der Waals surface area contributed by atoms with Crippen LogP contribution in [0.3, 0.4) is 0 Å². The highest BCUT2D eigenvalue weighted by Gasteiger charge is 2.04. The first-order valence-electron chi connectivity index (χ1n) is 5.04. The minimum Gasteiger partial charge on any atom is -0.359 e. The average molecular weight is 197 g/mol. The zero-order valence-corrected chi connectivity index (χ0v) is 9.05. The highest BCUT2D eigenvalue weighted by molar-refractivity contribution is 5.75. The van der Waals surface area contributed by atoms with Crippen LogP contribution in [0.4, 0.5) is 0 Å². The zero-order chi connectivity index (χ0) is 10.8. The monoisotopic (exact) mass is 197 g/mol. The lowest BCUT2D eigenvalue weighted by atomic mass is 10.2. The number of carbonyl (C=O) groups is 1. The van der Waals surface area contributed by atoms with Gasteiger partial charge in [-0.05, 0) is 25.9 Å². The van der Waals surface area contributed by atoms with E-state index in [4.69, 9.17) is 5.26 Å². The predicted octanol–water partition coefficient (Wildman–Crippen LogP) is 0.748. The van der Waals surface area contributed by atoms with E-state index in [1.807, 2.05) is 0 Å². The first-order chi connectivity index (χ1) is 6.74. The lowest BCUT2D eigenvalue weighted by molar-refractivity contribution is -0.120. The smallest absolute Gasteiger partial charge is 0.219 e. The summed E-state index contributed by atoms with van der Waals surface area (Å²) in [5.41, 5.74) is 0. The SMILES string of the molecule is CCCN(CC#N)CCCC(=O)NC. The maximum atomic E-state index is 10.9. The number of hydrogen-bond acceptors (Lipinski definition) is 3. The largest absolute Gasteiger partial charge is 0.359 e. The van der Waals surface area contributed by atoms with E-state index in [0.29, 0.717) is 13.0 Å². The van der Waals surface area contributed by atoms with E-state index < -0.39 is 0 Å². The van der Waals surface area contributed by atoms with Crippen molar-refractivity contribution in [3.63, 3.8) is 0 Å². The number of carbonyl (C=O) groups excluding carboxylic acids is 1. The van der Waals surface area contributed by atoms with Crippen molar-refractivity contribution < 1.29 is 4.79 Å². The summed E-state index contributed by atoms with van der Waals surface area (Å²) in [5.74, 6) is 0.0680. The highest BCUT2D eigenvalue weighted by Crippen LogP contribution is 1.96. The van der Waals surface area contributed by atoms with Crippen LogP contribution >= 0.6 is 0 Å². The Morgan fingerprint density at radius 2 is 2.21 bits per heavy atom. The standard InChI is InChI=1S/C10H19N3O/c1-3-7-13(9-6-11)8-4-5-10(14)12-2/h3-5,7-9H2,1-2H3,(H,12,14). The Morgan fingerprint density at radius 1 is 1.50 bits per heavy atom. The minimum atomic E-state index is 0.0680. The quantitative estimate of drug-likeness (QED) is 0.613. The lowest BCUT2D eigenvalue weighted by Gasteiger charge is -2.17. The minimum absolute atomic E-state index is 0.0680. The molecule has 4 heteroatoms. The van der Waals surface area contributed by atoms with Crippen molar-refractivity contribution in [3.8, 4) is 6.07 Å². The second-order valence-electron chi connectivity index (χ2n) is 3.21. The Hall–Kier alpha value is -1.08. The summed E-state index contributed by atoms with van der Waals surface area (Å²) in [6.07, 6.45) is 2.41. The molecule has 0 saturated carbocycles. The first kappa shape index (κ1) is 12.9. The Balaban J connectivity index is 3.60. The topological polar surface area (TPSA) is 56.1 Å². The van der Waals surface area contributed by atoms with Gasteiger partial charge in [-0.1, -0.05) is 6.92 Å². The second-order valence-corrected chi connectivity index (χ2v) is 3.21. The van der Waals surface area contributed by atoms with Crippen LogP contribution in [0.25, 0.3) is 0 Å². The van der Waals surface area contributed by atoms with Gasteiger partial charge in [0.2, 0.25) is 5.91 Å². The van der Waals surface area contributed by atoms with Crippen LogP contribution in [0.1, 0.15) is 26.2 Å². The summed E-state index contributed by atoms with van der Waals surface area (Å²) in [4.78, 5) is 13.0. The third-order valence-corrected chi connectivity index (χ3v) is 1.99. The highest BCUT2D eigenvalue weighted by atomic mass is 16.1. The molecule has 0 aliphatic rings. The Kier molecular flexibility index (Phi) is 7.86. The van der Waals surface area contributed by atoms with E-state index in [1.165, 1.54) is 0 Å². The van der Waals surface area contributed by atoms with Crippen LogP contribution in [0.2, 0.25) is 0 Å². The maximum Gasteiger partial charge on any atom is 0.219 e.